The maximum Gasteiger partial charge on any atom is 0.130 e. The first kappa shape index (κ1) is 22.6. The molecule has 0 radical (unpaired) electrons. The number of hydrogen-bond donors (Lipinski definition) is 1. The van der Waals surface area contributed by atoms with Crippen LogP contribution in [0.3, 0.4) is 0 Å². The van der Waals surface area contributed by atoms with Crippen molar-refractivity contribution in [1.29, 1.82) is 0 Å². The number of aliphatic hydroxyl groups is 1. The molecule has 3 rings (SSSR count). The van der Waals surface area contributed by atoms with Crippen molar-refractivity contribution >= 4 is 6.08 Å². The van der Waals surface area contributed by atoms with E-state index in [-0.39, 0.29) is 0 Å². The highest BCUT2D eigenvalue weighted by Gasteiger charge is 2.07. The third kappa shape index (κ3) is 7.95. The maximum absolute atomic E-state index is 10.2. The molecule has 31 heavy (non-hydrogen) atoms. The SMILES string of the molecule is CCCCCC(O)/C=C/c1ccc(OCc2ccccc2)cc1OCc1ccccc1. The van der Waals surface area contributed by atoms with Gasteiger partial charge in [0.25, 0.3) is 0 Å². The number of aliphatic hydroxyl groups excluding tert-OH is 1. The first-order valence-electron chi connectivity index (χ1n) is 11.1. The Morgan fingerprint density at radius 1 is 0.806 bits per heavy atom. The van der Waals surface area contributed by atoms with E-state index in [1.54, 1.807) is 0 Å². The van der Waals surface area contributed by atoms with Gasteiger partial charge in [0.15, 0.2) is 0 Å². The van der Waals surface area contributed by atoms with Gasteiger partial charge < -0.3 is 14.6 Å². The Balaban J connectivity index is 1.71. The van der Waals surface area contributed by atoms with Gasteiger partial charge in [0.1, 0.15) is 24.7 Å². The lowest BCUT2D eigenvalue weighted by Gasteiger charge is -2.13. The van der Waals surface area contributed by atoms with Crippen LogP contribution in [0.1, 0.15) is 49.3 Å². The lowest BCUT2D eigenvalue weighted by molar-refractivity contribution is 0.209. The fraction of sp³-hybridized carbons (Fsp3) is 0.286. The highest BCUT2D eigenvalue weighted by Crippen LogP contribution is 2.28. The van der Waals surface area contributed by atoms with Gasteiger partial charge >= 0.3 is 0 Å². The molecule has 0 aliphatic rings. The number of rotatable bonds is 12. The average Bonchev–Trinajstić information content (AvgIpc) is 2.82. The summed E-state index contributed by atoms with van der Waals surface area (Å²) in [7, 11) is 0. The van der Waals surface area contributed by atoms with Crippen LogP contribution < -0.4 is 9.47 Å². The molecule has 1 N–H and O–H groups in total. The minimum absolute atomic E-state index is 0.442. The van der Waals surface area contributed by atoms with Gasteiger partial charge in [0, 0.05) is 11.6 Å². The molecule has 0 amide bonds. The zero-order valence-corrected chi connectivity index (χ0v) is 18.2. The monoisotopic (exact) mass is 416 g/mol. The predicted octanol–water partition coefficient (Wildman–Crippen LogP) is 6.80. The molecule has 3 aromatic rings. The standard InChI is InChI=1S/C28H32O3/c1-2-3-6-15-26(29)18-16-25-17-19-27(30-21-23-11-7-4-8-12-23)20-28(25)31-22-24-13-9-5-10-14-24/h4-5,7-14,16-20,26,29H,2-3,6,15,21-22H2,1H3/b18-16+. The van der Waals surface area contributed by atoms with Crippen molar-refractivity contribution in [2.45, 2.75) is 51.9 Å². The van der Waals surface area contributed by atoms with E-state index in [1.807, 2.05) is 91.0 Å². The number of hydrogen-bond acceptors (Lipinski definition) is 3. The second-order valence-corrected chi connectivity index (χ2v) is 7.67. The summed E-state index contributed by atoms with van der Waals surface area (Å²) in [6.45, 7) is 3.15. The summed E-state index contributed by atoms with van der Waals surface area (Å²) in [5.41, 5.74) is 3.15. The summed E-state index contributed by atoms with van der Waals surface area (Å²) >= 11 is 0. The van der Waals surface area contributed by atoms with Crippen molar-refractivity contribution in [3.63, 3.8) is 0 Å². The van der Waals surface area contributed by atoms with Crippen LogP contribution in [0.25, 0.3) is 6.08 Å². The molecule has 0 spiro atoms. The highest BCUT2D eigenvalue weighted by atomic mass is 16.5. The Labute approximate surface area is 186 Å². The van der Waals surface area contributed by atoms with E-state index in [4.69, 9.17) is 9.47 Å². The van der Waals surface area contributed by atoms with Crippen LogP contribution in [0.4, 0.5) is 0 Å². The minimum Gasteiger partial charge on any atom is -0.489 e. The third-order valence-corrected chi connectivity index (χ3v) is 5.07. The molecule has 3 aromatic carbocycles. The van der Waals surface area contributed by atoms with Crippen molar-refractivity contribution in [3.05, 3.63) is 102 Å². The molecule has 0 fully saturated rings. The van der Waals surface area contributed by atoms with Crippen LogP contribution in [-0.4, -0.2) is 11.2 Å². The molecule has 0 bridgehead atoms. The van der Waals surface area contributed by atoms with E-state index in [0.29, 0.717) is 13.2 Å². The zero-order valence-electron chi connectivity index (χ0n) is 18.2. The van der Waals surface area contributed by atoms with Gasteiger partial charge in [0.05, 0.1) is 6.10 Å². The van der Waals surface area contributed by atoms with Gasteiger partial charge in [-0.1, -0.05) is 99.0 Å². The van der Waals surface area contributed by atoms with Gasteiger partial charge in [-0.15, -0.1) is 0 Å². The lowest BCUT2D eigenvalue weighted by atomic mass is 10.1. The van der Waals surface area contributed by atoms with Crippen LogP contribution in [-0.2, 0) is 13.2 Å². The minimum atomic E-state index is -0.442. The molecule has 1 atom stereocenters. The third-order valence-electron chi connectivity index (χ3n) is 5.07. The molecule has 3 heteroatoms. The molecule has 0 aliphatic heterocycles. The molecule has 0 heterocycles. The Bertz CT molecular complexity index is 920. The van der Waals surface area contributed by atoms with E-state index in [2.05, 4.69) is 6.92 Å². The summed E-state index contributed by atoms with van der Waals surface area (Å²) in [6.07, 6.45) is 7.46. The molecule has 3 nitrogen and oxygen atoms in total. The molecule has 0 aliphatic carbocycles. The summed E-state index contributed by atoms with van der Waals surface area (Å²) in [5, 5.41) is 10.2. The molecular formula is C28H32O3. The fourth-order valence-corrected chi connectivity index (χ4v) is 3.26. The van der Waals surface area contributed by atoms with Gasteiger partial charge in [-0.3, -0.25) is 0 Å². The van der Waals surface area contributed by atoms with Crippen LogP contribution in [0.15, 0.2) is 84.9 Å². The Hall–Kier alpha value is -3.04. The number of ether oxygens (including phenoxy) is 2. The van der Waals surface area contributed by atoms with Gasteiger partial charge in [-0.05, 0) is 29.7 Å². The van der Waals surface area contributed by atoms with Crippen LogP contribution >= 0.6 is 0 Å². The van der Waals surface area contributed by atoms with Crippen molar-refractivity contribution < 1.29 is 14.6 Å². The number of benzene rings is 3. The topological polar surface area (TPSA) is 38.7 Å². The maximum atomic E-state index is 10.2. The van der Waals surface area contributed by atoms with Gasteiger partial charge in [-0.2, -0.15) is 0 Å². The van der Waals surface area contributed by atoms with Gasteiger partial charge in [0.2, 0.25) is 0 Å². The second-order valence-electron chi connectivity index (χ2n) is 7.67. The number of unbranched alkanes of at least 4 members (excludes halogenated alkanes) is 2. The normalized spacial score (nSPS) is 12.1. The molecule has 0 saturated carbocycles. The first-order valence-corrected chi connectivity index (χ1v) is 11.1. The molecule has 162 valence electrons. The quantitative estimate of drug-likeness (QED) is 0.330. The van der Waals surface area contributed by atoms with E-state index in [0.717, 1.165) is 53.9 Å². The molecule has 1 unspecified atom stereocenters. The van der Waals surface area contributed by atoms with Crippen LogP contribution in [0, 0.1) is 0 Å². The van der Waals surface area contributed by atoms with Crippen LogP contribution in [0.5, 0.6) is 11.5 Å². The molecule has 0 aromatic heterocycles. The van der Waals surface area contributed by atoms with E-state index >= 15 is 0 Å². The highest BCUT2D eigenvalue weighted by molar-refractivity contribution is 5.59. The van der Waals surface area contributed by atoms with Crippen molar-refractivity contribution in [3.8, 4) is 11.5 Å². The fourth-order valence-electron chi connectivity index (χ4n) is 3.26. The smallest absolute Gasteiger partial charge is 0.130 e. The van der Waals surface area contributed by atoms with Crippen molar-refractivity contribution in [2.24, 2.45) is 0 Å². The zero-order chi connectivity index (χ0) is 21.7. The van der Waals surface area contributed by atoms with E-state index in [1.165, 1.54) is 0 Å². The summed E-state index contributed by atoms with van der Waals surface area (Å²) in [6, 6.07) is 26.1. The average molecular weight is 417 g/mol. The largest absolute Gasteiger partial charge is 0.489 e. The summed E-state index contributed by atoms with van der Waals surface area (Å²) in [5.74, 6) is 1.50. The van der Waals surface area contributed by atoms with E-state index < -0.39 is 6.10 Å². The molecular weight excluding hydrogens is 384 g/mol. The van der Waals surface area contributed by atoms with Crippen LogP contribution in [0.2, 0.25) is 0 Å². The Morgan fingerprint density at radius 2 is 1.45 bits per heavy atom. The predicted molar refractivity (Wildman–Crippen MR) is 127 cm³/mol. The van der Waals surface area contributed by atoms with E-state index in [9.17, 15) is 5.11 Å². The van der Waals surface area contributed by atoms with Crippen molar-refractivity contribution in [1.82, 2.24) is 0 Å². The lowest BCUT2D eigenvalue weighted by Crippen LogP contribution is -2.02. The Kier molecular flexibility index (Phi) is 9.21. The Morgan fingerprint density at radius 3 is 2.10 bits per heavy atom. The van der Waals surface area contributed by atoms with Crippen molar-refractivity contribution in [2.75, 3.05) is 0 Å². The summed E-state index contributed by atoms with van der Waals surface area (Å²) < 4.78 is 12.1. The first-order chi connectivity index (χ1) is 15.2. The second kappa shape index (κ2) is 12.6. The molecule has 0 saturated heterocycles. The summed E-state index contributed by atoms with van der Waals surface area (Å²) in [4.78, 5) is 0. The van der Waals surface area contributed by atoms with Gasteiger partial charge in [-0.25, -0.2) is 0 Å².